The van der Waals surface area contributed by atoms with Crippen LogP contribution >= 0.6 is 0 Å². The summed E-state index contributed by atoms with van der Waals surface area (Å²) >= 11 is 0. The lowest BCUT2D eigenvalue weighted by Crippen LogP contribution is -2.09. The molecule has 0 amide bonds. The SMILES string of the molecule is C#CC1CCC(C(=O)O)C1. The van der Waals surface area contributed by atoms with Gasteiger partial charge in [0, 0.05) is 5.92 Å². The van der Waals surface area contributed by atoms with Crippen LogP contribution < -0.4 is 0 Å². The number of carboxylic acids is 1. The third kappa shape index (κ3) is 1.30. The quantitative estimate of drug-likeness (QED) is 0.551. The van der Waals surface area contributed by atoms with E-state index in [2.05, 4.69) is 5.92 Å². The molecule has 2 unspecified atom stereocenters. The monoisotopic (exact) mass is 138 g/mol. The molecule has 54 valence electrons. The minimum Gasteiger partial charge on any atom is -0.481 e. The van der Waals surface area contributed by atoms with Crippen molar-refractivity contribution in [2.45, 2.75) is 19.3 Å². The second kappa shape index (κ2) is 2.74. The van der Waals surface area contributed by atoms with E-state index in [9.17, 15) is 4.79 Å². The van der Waals surface area contributed by atoms with E-state index in [0.29, 0.717) is 6.42 Å². The number of aliphatic carboxylic acids is 1. The van der Waals surface area contributed by atoms with Gasteiger partial charge in [0.25, 0.3) is 0 Å². The van der Waals surface area contributed by atoms with Gasteiger partial charge in [0.15, 0.2) is 0 Å². The van der Waals surface area contributed by atoms with E-state index in [4.69, 9.17) is 11.5 Å². The fourth-order valence-electron chi connectivity index (χ4n) is 1.36. The van der Waals surface area contributed by atoms with Crippen LogP contribution in [0.4, 0.5) is 0 Å². The van der Waals surface area contributed by atoms with Crippen molar-refractivity contribution in [1.82, 2.24) is 0 Å². The third-order valence-corrected chi connectivity index (χ3v) is 2.02. The van der Waals surface area contributed by atoms with Crippen LogP contribution in [0.2, 0.25) is 0 Å². The summed E-state index contributed by atoms with van der Waals surface area (Å²) in [5.41, 5.74) is 0. The molecule has 0 aromatic heterocycles. The fraction of sp³-hybridized carbons (Fsp3) is 0.625. The molecule has 2 atom stereocenters. The number of terminal acetylenes is 1. The van der Waals surface area contributed by atoms with Gasteiger partial charge in [-0.15, -0.1) is 12.3 Å². The van der Waals surface area contributed by atoms with Crippen molar-refractivity contribution in [2.75, 3.05) is 0 Å². The second-order valence-electron chi connectivity index (χ2n) is 2.71. The summed E-state index contributed by atoms with van der Waals surface area (Å²) in [5.74, 6) is 1.92. The summed E-state index contributed by atoms with van der Waals surface area (Å²) in [6.45, 7) is 0. The standard InChI is InChI=1S/C8H10O2/c1-2-6-3-4-7(5-6)8(9)10/h1,6-7H,3-5H2,(H,9,10). The molecule has 10 heavy (non-hydrogen) atoms. The number of rotatable bonds is 1. The predicted octanol–water partition coefficient (Wildman–Crippen LogP) is 1.12. The van der Waals surface area contributed by atoms with Gasteiger partial charge in [-0.1, -0.05) is 0 Å². The average Bonchev–Trinajstić information content (AvgIpc) is 2.34. The second-order valence-corrected chi connectivity index (χ2v) is 2.71. The Hall–Kier alpha value is -0.970. The molecule has 2 heteroatoms. The van der Waals surface area contributed by atoms with E-state index in [1.807, 2.05) is 0 Å². The highest BCUT2D eigenvalue weighted by Gasteiger charge is 2.28. The molecule has 1 aliphatic carbocycles. The molecule has 1 aliphatic rings. The van der Waals surface area contributed by atoms with Crippen molar-refractivity contribution in [3.05, 3.63) is 0 Å². The Balaban J connectivity index is 2.45. The highest BCUT2D eigenvalue weighted by Crippen LogP contribution is 2.29. The topological polar surface area (TPSA) is 37.3 Å². The summed E-state index contributed by atoms with van der Waals surface area (Å²) < 4.78 is 0. The van der Waals surface area contributed by atoms with Crippen LogP contribution in [0.25, 0.3) is 0 Å². The Morgan fingerprint density at radius 2 is 2.30 bits per heavy atom. The molecule has 0 spiro atoms. The molecule has 0 aromatic carbocycles. The van der Waals surface area contributed by atoms with Crippen LogP contribution in [0.15, 0.2) is 0 Å². The molecule has 0 saturated heterocycles. The van der Waals surface area contributed by atoms with E-state index in [-0.39, 0.29) is 11.8 Å². The van der Waals surface area contributed by atoms with Crippen molar-refractivity contribution in [3.63, 3.8) is 0 Å². The number of hydrogen-bond donors (Lipinski definition) is 1. The molecule has 1 N–H and O–H groups in total. The van der Waals surface area contributed by atoms with Gasteiger partial charge in [-0.2, -0.15) is 0 Å². The first-order valence-electron chi connectivity index (χ1n) is 3.43. The Labute approximate surface area is 60.2 Å². The van der Waals surface area contributed by atoms with E-state index in [1.54, 1.807) is 0 Å². The van der Waals surface area contributed by atoms with E-state index < -0.39 is 5.97 Å². The van der Waals surface area contributed by atoms with E-state index in [0.717, 1.165) is 12.8 Å². The highest BCUT2D eigenvalue weighted by molar-refractivity contribution is 5.70. The summed E-state index contributed by atoms with van der Waals surface area (Å²) in [6, 6.07) is 0. The van der Waals surface area contributed by atoms with Gasteiger partial charge in [0.1, 0.15) is 0 Å². The predicted molar refractivity (Wildman–Crippen MR) is 37.3 cm³/mol. The summed E-state index contributed by atoms with van der Waals surface area (Å²) in [7, 11) is 0. The number of hydrogen-bond acceptors (Lipinski definition) is 1. The van der Waals surface area contributed by atoms with Crippen molar-refractivity contribution in [1.29, 1.82) is 0 Å². The van der Waals surface area contributed by atoms with Crippen LogP contribution in [-0.4, -0.2) is 11.1 Å². The van der Waals surface area contributed by atoms with Gasteiger partial charge >= 0.3 is 5.97 Å². The van der Waals surface area contributed by atoms with Crippen LogP contribution in [0.1, 0.15) is 19.3 Å². The van der Waals surface area contributed by atoms with Crippen LogP contribution in [0, 0.1) is 24.2 Å². The van der Waals surface area contributed by atoms with Crippen LogP contribution in [-0.2, 0) is 4.79 Å². The minimum atomic E-state index is -0.697. The first-order chi connectivity index (χ1) is 4.74. The van der Waals surface area contributed by atoms with E-state index in [1.165, 1.54) is 0 Å². The minimum absolute atomic E-state index is 0.180. The maximum Gasteiger partial charge on any atom is 0.306 e. The first-order valence-corrected chi connectivity index (χ1v) is 3.43. The van der Waals surface area contributed by atoms with Gasteiger partial charge in [0.05, 0.1) is 5.92 Å². The molecule has 0 bridgehead atoms. The molecule has 1 rings (SSSR count). The molecule has 1 saturated carbocycles. The maximum absolute atomic E-state index is 10.4. The molecule has 1 fully saturated rings. The van der Waals surface area contributed by atoms with Crippen LogP contribution in [0.5, 0.6) is 0 Å². The van der Waals surface area contributed by atoms with Gasteiger partial charge < -0.3 is 5.11 Å². The lowest BCUT2D eigenvalue weighted by molar-refractivity contribution is -0.141. The van der Waals surface area contributed by atoms with Crippen molar-refractivity contribution < 1.29 is 9.90 Å². The maximum atomic E-state index is 10.4. The first kappa shape index (κ1) is 7.14. The van der Waals surface area contributed by atoms with Gasteiger partial charge in [0.2, 0.25) is 0 Å². The molecular weight excluding hydrogens is 128 g/mol. The zero-order chi connectivity index (χ0) is 7.56. The molecule has 0 radical (unpaired) electrons. The van der Waals surface area contributed by atoms with Crippen molar-refractivity contribution in [2.24, 2.45) is 11.8 Å². The van der Waals surface area contributed by atoms with Gasteiger partial charge in [-0.3, -0.25) is 4.79 Å². The van der Waals surface area contributed by atoms with Crippen LogP contribution in [0.3, 0.4) is 0 Å². The van der Waals surface area contributed by atoms with E-state index >= 15 is 0 Å². The summed E-state index contributed by atoms with van der Waals surface area (Å²) in [6.07, 6.45) is 7.46. The van der Waals surface area contributed by atoms with Crippen molar-refractivity contribution in [3.8, 4) is 12.3 Å². The lowest BCUT2D eigenvalue weighted by atomic mass is 10.1. The van der Waals surface area contributed by atoms with Gasteiger partial charge in [-0.05, 0) is 19.3 Å². The largest absolute Gasteiger partial charge is 0.481 e. The third-order valence-electron chi connectivity index (χ3n) is 2.02. The molecule has 0 aliphatic heterocycles. The highest BCUT2D eigenvalue weighted by atomic mass is 16.4. The Bertz CT molecular complexity index is 178. The Morgan fingerprint density at radius 3 is 2.60 bits per heavy atom. The number of carboxylic acid groups (broad SMARTS) is 1. The molecule has 0 aromatic rings. The molecule has 0 heterocycles. The van der Waals surface area contributed by atoms with Crippen molar-refractivity contribution >= 4 is 5.97 Å². The Kier molecular flexibility index (Phi) is 1.96. The fourth-order valence-corrected chi connectivity index (χ4v) is 1.36. The Morgan fingerprint density at radius 1 is 1.60 bits per heavy atom. The average molecular weight is 138 g/mol. The lowest BCUT2D eigenvalue weighted by Gasteiger charge is -1.99. The normalized spacial score (nSPS) is 31.5. The smallest absolute Gasteiger partial charge is 0.306 e. The van der Waals surface area contributed by atoms with Gasteiger partial charge in [-0.25, -0.2) is 0 Å². The molecule has 2 nitrogen and oxygen atoms in total. The molecular formula is C8H10O2. The summed E-state index contributed by atoms with van der Waals surface area (Å²) in [5, 5.41) is 8.56. The zero-order valence-electron chi connectivity index (χ0n) is 5.71. The zero-order valence-corrected chi connectivity index (χ0v) is 5.71. The summed E-state index contributed by atoms with van der Waals surface area (Å²) in [4.78, 5) is 10.4. The number of carbonyl (C=O) groups is 1.